The summed E-state index contributed by atoms with van der Waals surface area (Å²) in [6.07, 6.45) is 1.94. The summed E-state index contributed by atoms with van der Waals surface area (Å²) in [5.41, 5.74) is 0. The van der Waals surface area contributed by atoms with Crippen LogP contribution in [0.5, 0.6) is 0 Å². The van der Waals surface area contributed by atoms with Gasteiger partial charge in [-0.3, -0.25) is 0 Å². The molecule has 0 aromatic heterocycles. The molecule has 0 aliphatic heterocycles. The van der Waals surface area contributed by atoms with Gasteiger partial charge in [0.2, 0.25) is 0 Å². The van der Waals surface area contributed by atoms with Crippen molar-refractivity contribution in [3.63, 3.8) is 0 Å². The van der Waals surface area contributed by atoms with Crippen LogP contribution in [-0.4, -0.2) is 48.8 Å². The van der Waals surface area contributed by atoms with Gasteiger partial charge in [-0.1, -0.05) is 13.5 Å². The third-order valence-electron chi connectivity index (χ3n) is 1.89. The number of ether oxygens (including phenoxy) is 1. The summed E-state index contributed by atoms with van der Waals surface area (Å²) in [5, 5.41) is 8.71. The van der Waals surface area contributed by atoms with Gasteiger partial charge < -0.3 is 14.7 Å². The zero-order chi connectivity index (χ0) is 10.8. The standard InChI is InChI=1S/C10H19NO3/c1-3-10(13)14-9-5-6-11(4-2)7-8-12/h3,12H,1,4-9H2,2H3. The molecule has 0 aliphatic rings. The van der Waals surface area contributed by atoms with Crippen molar-refractivity contribution in [2.75, 3.05) is 32.8 Å². The summed E-state index contributed by atoms with van der Waals surface area (Å²) >= 11 is 0. The second-order valence-corrected chi connectivity index (χ2v) is 2.88. The zero-order valence-corrected chi connectivity index (χ0v) is 8.74. The predicted octanol–water partition coefficient (Wildman–Crippen LogP) is 0.420. The Labute approximate surface area is 85.2 Å². The lowest BCUT2D eigenvalue weighted by Gasteiger charge is -2.18. The van der Waals surface area contributed by atoms with Crippen LogP contribution in [0.25, 0.3) is 0 Å². The summed E-state index contributed by atoms with van der Waals surface area (Å²) in [5.74, 6) is -0.379. The Kier molecular flexibility index (Phi) is 8.17. The molecular weight excluding hydrogens is 182 g/mol. The van der Waals surface area contributed by atoms with Gasteiger partial charge in [-0.15, -0.1) is 0 Å². The highest BCUT2D eigenvalue weighted by molar-refractivity contribution is 5.81. The Morgan fingerprint density at radius 3 is 2.79 bits per heavy atom. The van der Waals surface area contributed by atoms with E-state index in [1.807, 2.05) is 6.92 Å². The molecule has 0 saturated heterocycles. The van der Waals surface area contributed by atoms with Crippen molar-refractivity contribution in [3.8, 4) is 0 Å². The van der Waals surface area contributed by atoms with Crippen LogP contribution in [0.15, 0.2) is 12.7 Å². The van der Waals surface area contributed by atoms with Gasteiger partial charge in [0.05, 0.1) is 13.2 Å². The van der Waals surface area contributed by atoms with Crippen molar-refractivity contribution in [3.05, 3.63) is 12.7 Å². The maximum absolute atomic E-state index is 10.7. The van der Waals surface area contributed by atoms with E-state index in [0.717, 1.165) is 25.6 Å². The van der Waals surface area contributed by atoms with Crippen LogP contribution in [0.2, 0.25) is 0 Å². The van der Waals surface area contributed by atoms with Gasteiger partial charge in [0.1, 0.15) is 0 Å². The Hall–Kier alpha value is -0.870. The summed E-state index contributed by atoms with van der Waals surface area (Å²) in [6, 6.07) is 0. The van der Waals surface area contributed by atoms with E-state index < -0.39 is 0 Å². The van der Waals surface area contributed by atoms with Crippen molar-refractivity contribution in [1.82, 2.24) is 4.90 Å². The quantitative estimate of drug-likeness (QED) is 0.351. The van der Waals surface area contributed by atoms with Crippen molar-refractivity contribution < 1.29 is 14.6 Å². The Morgan fingerprint density at radius 1 is 1.57 bits per heavy atom. The lowest BCUT2D eigenvalue weighted by Crippen LogP contribution is -2.28. The molecule has 82 valence electrons. The molecule has 0 atom stereocenters. The van der Waals surface area contributed by atoms with Gasteiger partial charge in [0.25, 0.3) is 0 Å². The number of hydrogen-bond acceptors (Lipinski definition) is 4. The Morgan fingerprint density at radius 2 is 2.29 bits per heavy atom. The van der Waals surface area contributed by atoms with Gasteiger partial charge in [0.15, 0.2) is 0 Å². The van der Waals surface area contributed by atoms with Gasteiger partial charge in [-0.25, -0.2) is 4.79 Å². The number of carbonyl (C=O) groups excluding carboxylic acids is 1. The molecule has 1 N–H and O–H groups in total. The van der Waals surface area contributed by atoms with E-state index in [1.165, 1.54) is 0 Å². The highest BCUT2D eigenvalue weighted by Gasteiger charge is 2.01. The first-order chi connectivity index (χ1) is 6.74. The van der Waals surface area contributed by atoms with Crippen molar-refractivity contribution in [2.45, 2.75) is 13.3 Å². The third kappa shape index (κ3) is 6.62. The highest BCUT2D eigenvalue weighted by Crippen LogP contribution is 1.92. The maximum Gasteiger partial charge on any atom is 0.330 e. The van der Waals surface area contributed by atoms with Gasteiger partial charge >= 0.3 is 5.97 Å². The normalized spacial score (nSPS) is 10.2. The SMILES string of the molecule is C=CC(=O)OCCCN(CC)CCO. The van der Waals surface area contributed by atoms with Crippen molar-refractivity contribution >= 4 is 5.97 Å². The molecule has 0 aliphatic carbocycles. The van der Waals surface area contributed by atoms with Crippen LogP contribution in [0.1, 0.15) is 13.3 Å². The number of esters is 1. The number of hydrogen-bond donors (Lipinski definition) is 1. The predicted molar refractivity (Wildman–Crippen MR) is 55.0 cm³/mol. The fraction of sp³-hybridized carbons (Fsp3) is 0.700. The second-order valence-electron chi connectivity index (χ2n) is 2.88. The number of likely N-dealkylation sites (N-methyl/N-ethyl adjacent to an activating group) is 1. The number of rotatable bonds is 8. The lowest BCUT2D eigenvalue weighted by atomic mass is 10.4. The highest BCUT2D eigenvalue weighted by atomic mass is 16.5. The topological polar surface area (TPSA) is 49.8 Å². The molecular formula is C10H19NO3. The number of aliphatic hydroxyl groups excluding tert-OH is 1. The summed E-state index contributed by atoms with van der Waals surface area (Å²) in [6.45, 7) is 8.32. The van der Waals surface area contributed by atoms with E-state index in [4.69, 9.17) is 9.84 Å². The molecule has 0 heterocycles. The smallest absolute Gasteiger partial charge is 0.330 e. The van der Waals surface area contributed by atoms with E-state index in [0.29, 0.717) is 13.2 Å². The first kappa shape index (κ1) is 13.1. The van der Waals surface area contributed by atoms with E-state index >= 15 is 0 Å². The lowest BCUT2D eigenvalue weighted by molar-refractivity contribution is -0.137. The molecule has 14 heavy (non-hydrogen) atoms. The van der Waals surface area contributed by atoms with Gasteiger partial charge in [-0.2, -0.15) is 0 Å². The molecule has 0 fully saturated rings. The van der Waals surface area contributed by atoms with Gasteiger partial charge in [0, 0.05) is 19.2 Å². The van der Waals surface area contributed by atoms with E-state index in [1.54, 1.807) is 0 Å². The van der Waals surface area contributed by atoms with Crippen LogP contribution in [0, 0.1) is 0 Å². The molecule has 0 aromatic rings. The van der Waals surface area contributed by atoms with Gasteiger partial charge in [-0.05, 0) is 13.0 Å². The number of nitrogens with zero attached hydrogens (tertiary/aromatic N) is 1. The van der Waals surface area contributed by atoms with Crippen LogP contribution < -0.4 is 0 Å². The molecule has 0 bridgehead atoms. The zero-order valence-electron chi connectivity index (χ0n) is 8.74. The molecule has 0 amide bonds. The molecule has 4 heteroatoms. The number of aliphatic hydroxyl groups is 1. The minimum absolute atomic E-state index is 0.167. The van der Waals surface area contributed by atoms with Crippen LogP contribution in [0.4, 0.5) is 0 Å². The van der Waals surface area contributed by atoms with Crippen molar-refractivity contribution in [2.24, 2.45) is 0 Å². The van der Waals surface area contributed by atoms with Crippen LogP contribution in [0.3, 0.4) is 0 Å². The fourth-order valence-corrected chi connectivity index (χ4v) is 1.09. The third-order valence-corrected chi connectivity index (χ3v) is 1.89. The van der Waals surface area contributed by atoms with E-state index in [9.17, 15) is 4.79 Å². The molecule has 0 aromatic carbocycles. The average Bonchev–Trinajstić information content (AvgIpc) is 2.22. The molecule has 0 rings (SSSR count). The monoisotopic (exact) mass is 201 g/mol. The summed E-state index contributed by atoms with van der Waals surface area (Å²) < 4.78 is 4.82. The van der Waals surface area contributed by atoms with E-state index in [-0.39, 0.29) is 12.6 Å². The summed E-state index contributed by atoms with van der Waals surface area (Å²) in [4.78, 5) is 12.8. The Balaban J connectivity index is 3.41. The summed E-state index contributed by atoms with van der Waals surface area (Å²) in [7, 11) is 0. The molecule has 4 nitrogen and oxygen atoms in total. The second kappa shape index (κ2) is 8.72. The minimum atomic E-state index is -0.379. The van der Waals surface area contributed by atoms with Crippen LogP contribution >= 0.6 is 0 Å². The van der Waals surface area contributed by atoms with Crippen molar-refractivity contribution in [1.29, 1.82) is 0 Å². The molecule has 0 radical (unpaired) electrons. The molecule has 0 saturated carbocycles. The number of carbonyl (C=O) groups is 1. The first-order valence-corrected chi connectivity index (χ1v) is 4.87. The first-order valence-electron chi connectivity index (χ1n) is 4.87. The fourth-order valence-electron chi connectivity index (χ4n) is 1.09. The molecule has 0 unspecified atom stereocenters. The minimum Gasteiger partial charge on any atom is -0.462 e. The van der Waals surface area contributed by atoms with Crippen LogP contribution in [-0.2, 0) is 9.53 Å². The average molecular weight is 201 g/mol. The molecule has 0 spiro atoms. The Bertz CT molecular complexity index is 171. The van der Waals surface area contributed by atoms with E-state index in [2.05, 4.69) is 11.5 Å². The largest absolute Gasteiger partial charge is 0.462 e. The maximum atomic E-state index is 10.7.